The SMILES string of the molecule is CCCCCn1cc(C2CCN(C(=O)c3ccccc3OCC)CC2)c2ccccc21. The molecule has 1 aliphatic rings. The van der Waals surface area contributed by atoms with E-state index in [0.29, 0.717) is 23.8 Å². The van der Waals surface area contributed by atoms with Gasteiger partial charge in [-0.05, 0) is 55.9 Å². The lowest BCUT2D eigenvalue weighted by Crippen LogP contribution is -2.38. The summed E-state index contributed by atoms with van der Waals surface area (Å²) in [6, 6.07) is 16.4. The Hall–Kier alpha value is -2.75. The second kappa shape index (κ2) is 10.0. The highest BCUT2D eigenvalue weighted by Gasteiger charge is 2.27. The molecule has 0 saturated carbocycles. The molecule has 164 valence electrons. The molecule has 4 nitrogen and oxygen atoms in total. The quantitative estimate of drug-likeness (QED) is 0.405. The summed E-state index contributed by atoms with van der Waals surface area (Å²) >= 11 is 0. The molecule has 0 atom stereocenters. The summed E-state index contributed by atoms with van der Waals surface area (Å²) < 4.78 is 8.12. The second-order valence-corrected chi connectivity index (χ2v) is 8.50. The van der Waals surface area contributed by atoms with E-state index in [0.717, 1.165) is 32.5 Å². The van der Waals surface area contributed by atoms with Crippen LogP contribution in [0.4, 0.5) is 0 Å². The number of carbonyl (C=O) groups excluding carboxylic acids is 1. The first-order valence-corrected chi connectivity index (χ1v) is 11.8. The number of fused-ring (bicyclic) bond motifs is 1. The maximum absolute atomic E-state index is 13.1. The summed E-state index contributed by atoms with van der Waals surface area (Å²) in [4.78, 5) is 15.1. The van der Waals surface area contributed by atoms with E-state index < -0.39 is 0 Å². The number of hydrogen-bond donors (Lipinski definition) is 0. The molecule has 1 saturated heterocycles. The van der Waals surface area contributed by atoms with E-state index in [1.807, 2.05) is 36.1 Å². The van der Waals surface area contributed by atoms with Gasteiger partial charge in [0.05, 0.1) is 12.2 Å². The maximum Gasteiger partial charge on any atom is 0.257 e. The van der Waals surface area contributed by atoms with E-state index in [1.54, 1.807) is 0 Å². The van der Waals surface area contributed by atoms with Crippen molar-refractivity contribution in [1.29, 1.82) is 0 Å². The molecule has 1 aromatic heterocycles. The Bertz CT molecular complexity index is 1020. The van der Waals surface area contributed by atoms with Crippen molar-refractivity contribution in [2.75, 3.05) is 19.7 Å². The summed E-state index contributed by atoms with van der Waals surface area (Å²) in [7, 11) is 0. The van der Waals surface area contributed by atoms with Crippen LogP contribution in [-0.4, -0.2) is 35.1 Å². The monoisotopic (exact) mass is 418 g/mol. The number of para-hydroxylation sites is 2. The molecule has 4 rings (SSSR count). The van der Waals surface area contributed by atoms with Crippen LogP contribution in [0.2, 0.25) is 0 Å². The second-order valence-electron chi connectivity index (χ2n) is 8.50. The lowest BCUT2D eigenvalue weighted by Gasteiger charge is -2.32. The Labute approximate surface area is 185 Å². The van der Waals surface area contributed by atoms with Gasteiger partial charge in [-0.15, -0.1) is 0 Å². The van der Waals surface area contributed by atoms with Gasteiger partial charge in [0, 0.05) is 36.7 Å². The fraction of sp³-hybridized carbons (Fsp3) is 0.444. The van der Waals surface area contributed by atoms with Gasteiger partial charge in [0.2, 0.25) is 0 Å². The third-order valence-electron chi connectivity index (χ3n) is 6.46. The summed E-state index contributed by atoms with van der Waals surface area (Å²) in [5.41, 5.74) is 3.47. The number of unbranched alkanes of at least 4 members (excludes halogenated alkanes) is 2. The van der Waals surface area contributed by atoms with Gasteiger partial charge < -0.3 is 14.2 Å². The smallest absolute Gasteiger partial charge is 0.257 e. The molecule has 1 aliphatic heterocycles. The van der Waals surface area contributed by atoms with E-state index in [2.05, 4.69) is 42.0 Å². The molecule has 0 N–H and O–H groups in total. The number of piperidine rings is 1. The number of carbonyl (C=O) groups is 1. The van der Waals surface area contributed by atoms with Crippen LogP contribution in [0.3, 0.4) is 0 Å². The molecule has 31 heavy (non-hydrogen) atoms. The van der Waals surface area contributed by atoms with E-state index in [-0.39, 0.29) is 5.91 Å². The fourth-order valence-corrected chi connectivity index (χ4v) is 4.81. The minimum atomic E-state index is 0.0875. The number of benzene rings is 2. The number of ether oxygens (including phenoxy) is 1. The predicted octanol–water partition coefficient (Wildman–Crippen LogP) is 6.25. The molecule has 0 radical (unpaired) electrons. The van der Waals surface area contributed by atoms with Crippen LogP contribution >= 0.6 is 0 Å². The predicted molar refractivity (Wildman–Crippen MR) is 127 cm³/mol. The Kier molecular flexibility index (Phi) is 6.96. The largest absolute Gasteiger partial charge is 0.493 e. The third-order valence-corrected chi connectivity index (χ3v) is 6.46. The van der Waals surface area contributed by atoms with Gasteiger partial charge >= 0.3 is 0 Å². The van der Waals surface area contributed by atoms with Crippen LogP contribution in [0.25, 0.3) is 10.9 Å². The van der Waals surface area contributed by atoms with Crippen molar-refractivity contribution in [1.82, 2.24) is 9.47 Å². The lowest BCUT2D eigenvalue weighted by atomic mass is 9.89. The number of hydrogen-bond acceptors (Lipinski definition) is 2. The van der Waals surface area contributed by atoms with Crippen molar-refractivity contribution in [3.05, 3.63) is 65.9 Å². The van der Waals surface area contributed by atoms with E-state index in [4.69, 9.17) is 4.74 Å². The minimum absolute atomic E-state index is 0.0875. The first-order valence-electron chi connectivity index (χ1n) is 11.8. The first-order chi connectivity index (χ1) is 15.2. The minimum Gasteiger partial charge on any atom is -0.493 e. The summed E-state index contributed by atoms with van der Waals surface area (Å²) in [6.45, 7) is 7.43. The Balaban J connectivity index is 1.48. The van der Waals surface area contributed by atoms with Gasteiger partial charge in [0.25, 0.3) is 5.91 Å². The van der Waals surface area contributed by atoms with Gasteiger partial charge in [0.1, 0.15) is 5.75 Å². The number of rotatable bonds is 8. The van der Waals surface area contributed by atoms with Crippen LogP contribution in [-0.2, 0) is 6.54 Å². The number of aromatic nitrogens is 1. The van der Waals surface area contributed by atoms with E-state index >= 15 is 0 Å². The van der Waals surface area contributed by atoms with Crippen molar-refractivity contribution >= 4 is 16.8 Å². The van der Waals surface area contributed by atoms with Gasteiger partial charge in [-0.3, -0.25) is 4.79 Å². The number of nitrogens with zero attached hydrogens (tertiary/aromatic N) is 2. The molecule has 3 aromatic rings. The van der Waals surface area contributed by atoms with E-state index in [1.165, 1.54) is 35.7 Å². The molecule has 2 heterocycles. The zero-order chi connectivity index (χ0) is 21.6. The van der Waals surface area contributed by atoms with Gasteiger partial charge in [0.15, 0.2) is 0 Å². The van der Waals surface area contributed by atoms with Gasteiger partial charge in [-0.25, -0.2) is 0 Å². The Morgan fingerprint density at radius 2 is 1.74 bits per heavy atom. The summed E-state index contributed by atoms with van der Waals surface area (Å²) in [6.07, 6.45) is 8.13. The standard InChI is InChI=1S/C27H34N2O2/c1-3-5-10-17-29-20-24(22-11-6-8-13-25(22)29)21-15-18-28(19-16-21)27(30)23-12-7-9-14-26(23)31-4-2/h6-9,11-14,20-21H,3-5,10,15-19H2,1-2H3. The molecule has 4 heteroatoms. The summed E-state index contributed by atoms with van der Waals surface area (Å²) in [5, 5.41) is 1.38. The lowest BCUT2D eigenvalue weighted by molar-refractivity contribution is 0.0709. The van der Waals surface area contributed by atoms with Gasteiger partial charge in [-0.1, -0.05) is 50.1 Å². The summed E-state index contributed by atoms with van der Waals surface area (Å²) in [5.74, 6) is 1.28. The normalized spacial score (nSPS) is 14.8. The molecule has 1 fully saturated rings. The van der Waals surface area contributed by atoms with Crippen molar-refractivity contribution < 1.29 is 9.53 Å². The van der Waals surface area contributed by atoms with Crippen molar-refractivity contribution in [3.8, 4) is 5.75 Å². The van der Waals surface area contributed by atoms with Crippen LogP contribution in [0.15, 0.2) is 54.7 Å². The molecule has 1 amide bonds. The number of likely N-dealkylation sites (tertiary alicyclic amines) is 1. The first kappa shape index (κ1) is 21.5. The molecule has 0 spiro atoms. The average Bonchev–Trinajstić information content (AvgIpc) is 3.18. The van der Waals surface area contributed by atoms with Gasteiger partial charge in [-0.2, -0.15) is 0 Å². The van der Waals surface area contributed by atoms with Crippen LogP contribution in [0.1, 0.15) is 67.8 Å². The van der Waals surface area contributed by atoms with Crippen LogP contribution < -0.4 is 4.74 Å². The Morgan fingerprint density at radius 1 is 1.00 bits per heavy atom. The highest BCUT2D eigenvalue weighted by Crippen LogP contribution is 2.35. The molecule has 0 bridgehead atoms. The average molecular weight is 419 g/mol. The third kappa shape index (κ3) is 4.63. The Morgan fingerprint density at radius 3 is 2.52 bits per heavy atom. The molecular weight excluding hydrogens is 384 g/mol. The topological polar surface area (TPSA) is 34.5 Å². The fourth-order valence-electron chi connectivity index (χ4n) is 4.81. The zero-order valence-corrected chi connectivity index (χ0v) is 18.8. The highest BCUT2D eigenvalue weighted by atomic mass is 16.5. The van der Waals surface area contributed by atoms with Crippen molar-refractivity contribution in [2.24, 2.45) is 0 Å². The van der Waals surface area contributed by atoms with Crippen molar-refractivity contribution in [3.63, 3.8) is 0 Å². The highest BCUT2D eigenvalue weighted by molar-refractivity contribution is 5.97. The zero-order valence-electron chi connectivity index (χ0n) is 18.8. The van der Waals surface area contributed by atoms with E-state index in [9.17, 15) is 4.79 Å². The molecular formula is C27H34N2O2. The molecule has 2 aromatic carbocycles. The van der Waals surface area contributed by atoms with Crippen LogP contribution in [0, 0.1) is 0 Å². The number of amides is 1. The molecule has 0 aliphatic carbocycles. The van der Waals surface area contributed by atoms with Crippen molar-refractivity contribution in [2.45, 2.75) is 58.4 Å². The number of aryl methyl sites for hydroxylation is 1. The maximum atomic E-state index is 13.1. The van der Waals surface area contributed by atoms with Crippen LogP contribution in [0.5, 0.6) is 5.75 Å². The molecule has 0 unspecified atom stereocenters.